The molecule has 1 fully saturated rings. The summed E-state index contributed by atoms with van der Waals surface area (Å²) in [5, 5.41) is 0. The number of H-pyrrole nitrogens is 1. The van der Waals surface area contributed by atoms with Crippen LogP contribution in [-0.2, 0) is 16.1 Å². The third-order valence-electron chi connectivity index (χ3n) is 4.03. The first-order valence-electron chi connectivity index (χ1n) is 8.13. The molecule has 3 rings (SSSR count). The fourth-order valence-corrected chi connectivity index (χ4v) is 2.90. The van der Waals surface area contributed by atoms with Crippen molar-refractivity contribution >= 4 is 5.91 Å². The minimum absolute atomic E-state index is 0.0683. The summed E-state index contributed by atoms with van der Waals surface area (Å²) in [4.78, 5) is 33.2. The van der Waals surface area contributed by atoms with Gasteiger partial charge in [-0.25, -0.2) is 4.98 Å². The first kappa shape index (κ1) is 17.3. The standard InChI is InChI=1S/C18H21N3O4/c1-12-8-16(22)20-17(19-12)15-10-21(6-7-25-15)18(23)14-5-3-4-13(9-14)11-24-2/h3-5,8-9,15H,6-7,10-11H2,1-2H3,(H,19,20,22)/t15-/m1/s1. The van der Waals surface area contributed by atoms with Gasteiger partial charge in [0.25, 0.3) is 11.5 Å². The number of aromatic amines is 1. The van der Waals surface area contributed by atoms with Crippen LogP contribution in [0.4, 0.5) is 0 Å². The van der Waals surface area contributed by atoms with Crippen LogP contribution in [0.5, 0.6) is 0 Å². The summed E-state index contributed by atoms with van der Waals surface area (Å²) >= 11 is 0. The lowest BCUT2D eigenvalue weighted by Crippen LogP contribution is -2.43. The van der Waals surface area contributed by atoms with Crippen LogP contribution in [0.3, 0.4) is 0 Å². The third-order valence-corrected chi connectivity index (χ3v) is 4.03. The van der Waals surface area contributed by atoms with Crippen molar-refractivity contribution in [2.45, 2.75) is 19.6 Å². The van der Waals surface area contributed by atoms with E-state index in [0.717, 1.165) is 5.56 Å². The summed E-state index contributed by atoms with van der Waals surface area (Å²) in [5.41, 5.74) is 1.96. The van der Waals surface area contributed by atoms with Crippen LogP contribution in [0.15, 0.2) is 35.1 Å². The Kier molecular flexibility index (Phi) is 5.25. The number of aromatic nitrogens is 2. The van der Waals surface area contributed by atoms with E-state index in [4.69, 9.17) is 9.47 Å². The molecule has 0 unspecified atom stereocenters. The molecule has 2 aromatic rings. The Bertz CT molecular complexity index is 818. The molecule has 0 bridgehead atoms. The molecule has 7 nitrogen and oxygen atoms in total. The Labute approximate surface area is 145 Å². The number of methoxy groups -OCH3 is 1. The van der Waals surface area contributed by atoms with E-state index in [9.17, 15) is 9.59 Å². The first-order valence-corrected chi connectivity index (χ1v) is 8.13. The molecule has 1 aromatic heterocycles. The molecule has 0 spiro atoms. The lowest BCUT2D eigenvalue weighted by Gasteiger charge is -2.32. The van der Waals surface area contributed by atoms with Crippen LogP contribution in [0.2, 0.25) is 0 Å². The summed E-state index contributed by atoms with van der Waals surface area (Å²) in [6.07, 6.45) is -0.438. The molecule has 1 atom stereocenters. The molecule has 0 saturated carbocycles. The zero-order chi connectivity index (χ0) is 17.8. The van der Waals surface area contributed by atoms with Crippen molar-refractivity contribution in [2.24, 2.45) is 0 Å². The van der Waals surface area contributed by atoms with Crippen molar-refractivity contribution in [1.29, 1.82) is 0 Å². The van der Waals surface area contributed by atoms with E-state index in [1.807, 2.05) is 18.2 Å². The number of amides is 1. The number of morpholine rings is 1. The number of nitrogens with one attached hydrogen (secondary N) is 1. The van der Waals surface area contributed by atoms with Crippen LogP contribution >= 0.6 is 0 Å². The molecule has 2 heterocycles. The van der Waals surface area contributed by atoms with Gasteiger partial charge in [-0.2, -0.15) is 0 Å². The van der Waals surface area contributed by atoms with Crippen molar-refractivity contribution in [3.05, 3.63) is 63.3 Å². The predicted molar refractivity (Wildman–Crippen MR) is 91.3 cm³/mol. The number of carbonyl (C=O) groups excluding carboxylic acids is 1. The summed E-state index contributed by atoms with van der Waals surface area (Å²) < 4.78 is 10.8. The van der Waals surface area contributed by atoms with Gasteiger partial charge in [0, 0.05) is 31.0 Å². The van der Waals surface area contributed by atoms with Crippen LogP contribution in [0.25, 0.3) is 0 Å². The Balaban J connectivity index is 1.77. The average molecular weight is 343 g/mol. The number of ether oxygens (including phenoxy) is 2. The van der Waals surface area contributed by atoms with Gasteiger partial charge in [-0.3, -0.25) is 9.59 Å². The number of rotatable bonds is 4. The lowest BCUT2D eigenvalue weighted by molar-refractivity contribution is -0.0269. The van der Waals surface area contributed by atoms with E-state index >= 15 is 0 Å². The van der Waals surface area contributed by atoms with Gasteiger partial charge in [0.05, 0.1) is 19.8 Å². The van der Waals surface area contributed by atoms with E-state index in [2.05, 4.69) is 9.97 Å². The second kappa shape index (κ2) is 7.58. The molecular weight excluding hydrogens is 322 g/mol. The van der Waals surface area contributed by atoms with Crippen molar-refractivity contribution < 1.29 is 14.3 Å². The molecule has 1 aliphatic rings. The molecule has 25 heavy (non-hydrogen) atoms. The lowest BCUT2D eigenvalue weighted by atomic mass is 10.1. The minimum Gasteiger partial charge on any atom is -0.380 e. The Morgan fingerprint density at radius 3 is 3.04 bits per heavy atom. The fourth-order valence-electron chi connectivity index (χ4n) is 2.90. The van der Waals surface area contributed by atoms with Crippen LogP contribution in [-0.4, -0.2) is 47.6 Å². The molecule has 7 heteroatoms. The van der Waals surface area contributed by atoms with Gasteiger partial charge in [-0.1, -0.05) is 12.1 Å². The molecule has 1 aliphatic heterocycles. The number of hydrogen-bond donors (Lipinski definition) is 1. The highest BCUT2D eigenvalue weighted by Gasteiger charge is 2.27. The van der Waals surface area contributed by atoms with Crippen LogP contribution in [0, 0.1) is 6.92 Å². The summed E-state index contributed by atoms with van der Waals surface area (Å²) in [7, 11) is 1.62. The molecule has 1 N–H and O–H groups in total. The second-order valence-electron chi connectivity index (χ2n) is 6.02. The van der Waals surface area contributed by atoms with Gasteiger partial charge in [-0.05, 0) is 24.6 Å². The largest absolute Gasteiger partial charge is 0.380 e. The predicted octanol–water partition coefficient (Wildman–Crippen LogP) is 1.44. The zero-order valence-electron chi connectivity index (χ0n) is 14.3. The number of carbonyl (C=O) groups is 1. The summed E-state index contributed by atoms with van der Waals surface area (Å²) in [5.74, 6) is 0.386. The Morgan fingerprint density at radius 2 is 2.28 bits per heavy atom. The van der Waals surface area contributed by atoms with Gasteiger partial charge in [0.2, 0.25) is 0 Å². The fraction of sp³-hybridized carbons (Fsp3) is 0.389. The normalized spacial score (nSPS) is 17.5. The first-order chi connectivity index (χ1) is 12.1. The van der Waals surface area contributed by atoms with E-state index < -0.39 is 6.10 Å². The molecule has 1 amide bonds. The Hall–Kier alpha value is -2.51. The van der Waals surface area contributed by atoms with Crippen molar-refractivity contribution in [2.75, 3.05) is 26.8 Å². The highest BCUT2D eigenvalue weighted by molar-refractivity contribution is 5.94. The van der Waals surface area contributed by atoms with Gasteiger partial charge >= 0.3 is 0 Å². The highest BCUT2D eigenvalue weighted by Crippen LogP contribution is 2.20. The third kappa shape index (κ3) is 4.12. The van der Waals surface area contributed by atoms with Crippen molar-refractivity contribution in [3.8, 4) is 0 Å². The van der Waals surface area contributed by atoms with Gasteiger partial charge in [-0.15, -0.1) is 0 Å². The SMILES string of the molecule is COCc1cccc(C(=O)N2CCO[C@@H](c3nc(C)cc(=O)[nH]3)C2)c1. The van der Waals surface area contributed by atoms with E-state index in [-0.39, 0.29) is 11.5 Å². The van der Waals surface area contributed by atoms with Gasteiger partial charge < -0.3 is 19.4 Å². The topological polar surface area (TPSA) is 84.5 Å². The molecule has 1 aromatic carbocycles. The zero-order valence-corrected chi connectivity index (χ0v) is 14.3. The van der Waals surface area contributed by atoms with Gasteiger partial charge in [0.15, 0.2) is 0 Å². The van der Waals surface area contributed by atoms with Crippen LogP contribution in [0.1, 0.15) is 33.5 Å². The Morgan fingerprint density at radius 1 is 1.44 bits per heavy atom. The van der Waals surface area contributed by atoms with E-state index in [1.54, 1.807) is 25.0 Å². The number of nitrogens with zero attached hydrogens (tertiary/aromatic N) is 2. The van der Waals surface area contributed by atoms with Crippen LogP contribution < -0.4 is 5.56 Å². The monoisotopic (exact) mass is 343 g/mol. The summed E-state index contributed by atoms with van der Waals surface area (Å²) in [6.45, 7) is 3.46. The minimum atomic E-state index is -0.438. The molecular formula is C18H21N3O4. The van der Waals surface area contributed by atoms with E-state index in [0.29, 0.717) is 43.4 Å². The summed E-state index contributed by atoms with van der Waals surface area (Å²) in [6, 6.07) is 8.82. The maximum absolute atomic E-state index is 12.8. The molecule has 1 saturated heterocycles. The quantitative estimate of drug-likeness (QED) is 0.908. The number of hydrogen-bond acceptors (Lipinski definition) is 5. The number of benzene rings is 1. The maximum Gasteiger partial charge on any atom is 0.254 e. The maximum atomic E-state index is 12.8. The smallest absolute Gasteiger partial charge is 0.254 e. The second-order valence-corrected chi connectivity index (χ2v) is 6.02. The van der Waals surface area contributed by atoms with Crippen molar-refractivity contribution in [3.63, 3.8) is 0 Å². The molecule has 0 aliphatic carbocycles. The molecule has 132 valence electrons. The van der Waals surface area contributed by atoms with Gasteiger partial charge in [0.1, 0.15) is 11.9 Å². The molecule has 0 radical (unpaired) electrons. The average Bonchev–Trinajstić information content (AvgIpc) is 2.61. The van der Waals surface area contributed by atoms with E-state index in [1.165, 1.54) is 6.07 Å². The number of aryl methyl sites for hydroxylation is 1. The van der Waals surface area contributed by atoms with Crippen molar-refractivity contribution in [1.82, 2.24) is 14.9 Å². The highest BCUT2D eigenvalue weighted by atomic mass is 16.5.